The molecule has 0 aromatic heterocycles. The molecule has 4 heteroatoms. The highest BCUT2D eigenvalue weighted by Crippen LogP contribution is 2.24. The zero-order valence-electron chi connectivity index (χ0n) is 8.55. The molecule has 0 aliphatic heterocycles. The van der Waals surface area contributed by atoms with Gasteiger partial charge < -0.3 is 4.79 Å². The number of benzene rings is 1. The number of hydrogen-bond acceptors (Lipinski definition) is 3. The Hall–Kier alpha value is -1.71. The van der Waals surface area contributed by atoms with Crippen molar-refractivity contribution in [1.29, 1.82) is 0 Å². The fourth-order valence-electron chi connectivity index (χ4n) is 1.41. The van der Waals surface area contributed by atoms with Gasteiger partial charge in [0, 0.05) is 11.3 Å². The van der Waals surface area contributed by atoms with E-state index in [9.17, 15) is 14.9 Å². The van der Waals surface area contributed by atoms with E-state index in [4.69, 9.17) is 0 Å². The van der Waals surface area contributed by atoms with Crippen molar-refractivity contribution in [3.8, 4) is 0 Å². The second-order valence-electron chi connectivity index (χ2n) is 3.71. The summed E-state index contributed by atoms with van der Waals surface area (Å²) in [7, 11) is 0. The molecule has 0 aliphatic carbocycles. The maximum Gasteiger partial charge on any atom is 0.205 e. The van der Waals surface area contributed by atoms with Crippen molar-refractivity contribution in [3.63, 3.8) is 0 Å². The summed E-state index contributed by atoms with van der Waals surface area (Å²) < 4.78 is 0. The van der Waals surface area contributed by atoms with Gasteiger partial charge in [0.2, 0.25) is 6.54 Å². The number of nitro groups is 1. The first-order valence-corrected chi connectivity index (χ1v) is 4.72. The maximum atomic E-state index is 11.0. The highest BCUT2D eigenvalue weighted by Gasteiger charge is 2.27. The van der Waals surface area contributed by atoms with Crippen LogP contribution in [0, 0.1) is 10.1 Å². The van der Waals surface area contributed by atoms with Crippen LogP contribution >= 0.6 is 0 Å². The van der Waals surface area contributed by atoms with Crippen molar-refractivity contribution in [1.82, 2.24) is 0 Å². The average molecular weight is 207 g/mol. The topological polar surface area (TPSA) is 60.2 Å². The van der Waals surface area contributed by atoms with Gasteiger partial charge in [-0.3, -0.25) is 10.1 Å². The lowest BCUT2D eigenvalue weighted by Gasteiger charge is -2.21. The van der Waals surface area contributed by atoms with Crippen LogP contribution in [0.15, 0.2) is 30.3 Å². The second kappa shape index (κ2) is 4.68. The standard InChI is InChI=1S/C11H13NO3/c1-11(9-13,7-8-12(14)15)10-5-3-2-4-6-10/h2-6,9H,7-8H2,1H3. The number of carbonyl (C=O) groups is 1. The van der Waals surface area contributed by atoms with Crippen LogP contribution < -0.4 is 0 Å². The first-order valence-electron chi connectivity index (χ1n) is 4.72. The molecule has 15 heavy (non-hydrogen) atoms. The van der Waals surface area contributed by atoms with Gasteiger partial charge in [0.15, 0.2) is 0 Å². The van der Waals surface area contributed by atoms with E-state index in [0.29, 0.717) is 0 Å². The van der Waals surface area contributed by atoms with Crippen LogP contribution in [0.25, 0.3) is 0 Å². The molecule has 0 amide bonds. The molecule has 80 valence electrons. The minimum Gasteiger partial charge on any atom is -0.302 e. The SMILES string of the molecule is CC(C=O)(CC[N+](=O)[O-])c1ccccc1. The van der Waals surface area contributed by atoms with Gasteiger partial charge in [-0.05, 0) is 12.5 Å². The Kier molecular flexibility index (Phi) is 3.55. The molecule has 0 radical (unpaired) electrons. The molecule has 4 nitrogen and oxygen atoms in total. The molecule has 1 aromatic rings. The first kappa shape index (κ1) is 11.4. The van der Waals surface area contributed by atoms with Crippen molar-refractivity contribution >= 4 is 6.29 Å². The van der Waals surface area contributed by atoms with E-state index in [1.165, 1.54) is 0 Å². The fraction of sp³-hybridized carbons (Fsp3) is 0.364. The highest BCUT2D eigenvalue weighted by molar-refractivity contribution is 5.67. The van der Waals surface area contributed by atoms with Crippen molar-refractivity contribution in [3.05, 3.63) is 46.0 Å². The summed E-state index contributed by atoms with van der Waals surface area (Å²) in [5, 5.41) is 10.3. The largest absolute Gasteiger partial charge is 0.302 e. The van der Waals surface area contributed by atoms with Crippen LogP contribution in [0.2, 0.25) is 0 Å². The number of rotatable bonds is 5. The van der Waals surface area contributed by atoms with E-state index in [1.54, 1.807) is 6.92 Å². The van der Waals surface area contributed by atoms with Gasteiger partial charge in [-0.1, -0.05) is 30.3 Å². The molecule has 0 fully saturated rings. The first-order chi connectivity index (χ1) is 7.08. The van der Waals surface area contributed by atoms with Crippen molar-refractivity contribution in [2.75, 3.05) is 6.54 Å². The number of carbonyl (C=O) groups excluding carboxylic acids is 1. The zero-order valence-corrected chi connectivity index (χ0v) is 8.55. The number of aldehydes is 1. The molecule has 1 atom stereocenters. The van der Waals surface area contributed by atoms with Crippen LogP contribution in [0.4, 0.5) is 0 Å². The third-order valence-corrected chi connectivity index (χ3v) is 2.51. The van der Waals surface area contributed by atoms with E-state index >= 15 is 0 Å². The van der Waals surface area contributed by atoms with Crippen LogP contribution in [-0.4, -0.2) is 17.8 Å². The van der Waals surface area contributed by atoms with Gasteiger partial charge in [-0.2, -0.15) is 0 Å². The highest BCUT2D eigenvalue weighted by atomic mass is 16.6. The molecule has 1 unspecified atom stereocenters. The van der Waals surface area contributed by atoms with E-state index in [2.05, 4.69) is 0 Å². The Morgan fingerprint density at radius 3 is 2.47 bits per heavy atom. The molecular formula is C11H13NO3. The van der Waals surface area contributed by atoms with E-state index in [-0.39, 0.29) is 13.0 Å². The normalized spacial score (nSPS) is 14.2. The molecule has 1 aromatic carbocycles. The smallest absolute Gasteiger partial charge is 0.205 e. The predicted molar refractivity (Wildman–Crippen MR) is 56.3 cm³/mol. The molecule has 0 spiro atoms. The van der Waals surface area contributed by atoms with Gasteiger partial charge in [0.05, 0.1) is 5.41 Å². The Labute approximate surface area is 88.1 Å². The van der Waals surface area contributed by atoms with E-state index in [0.717, 1.165) is 11.8 Å². The Balaban J connectivity index is 2.85. The minimum absolute atomic E-state index is 0.190. The fourth-order valence-corrected chi connectivity index (χ4v) is 1.41. The van der Waals surface area contributed by atoms with Crippen LogP contribution in [0.5, 0.6) is 0 Å². The predicted octanol–water partition coefficient (Wildman–Crippen LogP) is 1.81. The molecule has 1 rings (SSSR count). The van der Waals surface area contributed by atoms with Gasteiger partial charge in [0.25, 0.3) is 0 Å². The summed E-state index contributed by atoms with van der Waals surface area (Å²) in [5.74, 6) is 0. The zero-order chi connectivity index (χ0) is 11.3. The molecule has 0 heterocycles. The van der Waals surface area contributed by atoms with Crippen molar-refractivity contribution < 1.29 is 9.72 Å². The summed E-state index contributed by atoms with van der Waals surface area (Å²) >= 11 is 0. The molecule has 0 bridgehead atoms. The molecular weight excluding hydrogens is 194 g/mol. The molecule has 0 aliphatic rings. The monoisotopic (exact) mass is 207 g/mol. The van der Waals surface area contributed by atoms with E-state index in [1.807, 2.05) is 30.3 Å². The van der Waals surface area contributed by atoms with E-state index < -0.39 is 10.3 Å². The average Bonchev–Trinajstić information content (AvgIpc) is 2.27. The Morgan fingerprint density at radius 2 is 2.00 bits per heavy atom. The van der Waals surface area contributed by atoms with Crippen LogP contribution in [0.3, 0.4) is 0 Å². The van der Waals surface area contributed by atoms with Crippen molar-refractivity contribution in [2.24, 2.45) is 0 Å². The summed E-state index contributed by atoms with van der Waals surface area (Å²) in [5.41, 5.74) is 0.0655. The number of nitrogens with zero attached hydrogens (tertiary/aromatic N) is 1. The third kappa shape index (κ3) is 2.87. The van der Waals surface area contributed by atoms with Crippen LogP contribution in [0.1, 0.15) is 18.9 Å². The van der Waals surface area contributed by atoms with Gasteiger partial charge in [-0.25, -0.2) is 0 Å². The molecule has 0 N–H and O–H groups in total. The summed E-state index contributed by atoms with van der Waals surface area (Å²) in [6.45, 7) is 1.53. The lowest BCUT2D eigenvalue weighted by atomic mass is 9.81. The quantitative estimate of drug-likeness (QED) is 0.420. The summed E-state index contributed by atoms with van der Waals surface area (Å²) in [6.07, 6.45) is 1.01. The van der Waals surface area contributed by atoms with Gasteiger partial charge in [0.1, 0.15) is 6.29 Å². The summed E-state index contributed by atoms with van der Waals surface area (Å²) in [6, 6.07) is 9.12. The Bertz CT molecular complexity index is 350. The van der Waals surface area contributed by atoms with Gasteiger partial charge >= 0.3 is 0 Å². The lowest BCUT2D eigenvalue weighted by molar-refractivity contribution is -0.481. The maximum absolute atomic E-state index is 11.0. The number of hydrogen-bond donors (Lipinski definition) is 0. The van der Waals surface area contributed by atoms with Crippen molar-refractivity contribution in [2.45, 2.75) is 18.8 Å². The minimum atomic E-state index is -0.756. The lowest BCUT2D eigenvalue weighted by Crippen LogP contribution is -2.26. The third-order valence-electron chi connectivity index (χ3n) is 2.51. The van der Waals surface area contributed by atoms with Crippen LogP contribution in [-0.2, 0) is 10.2 Å². The molecule has 0 saturated carbocycles. The summed E-state index contributed by atoms with van der Waals surface area (Å²) in [4.78, 5) is 20.9. The molecule has 0 saturated heterocycles. The van der Waals surface area contributed by atoms with Gasteiger partial charge in [-0.15, -0.1) is 0 Å². The Morgan fingerprint density at radius 1 is 1.40 bits per heavy atom. The second-order valence-corrected chi connectivity index (χ2v) is 3.71.